The van der Waals surface area contributed by atoms with Gasteiger partial charge in [-0.15, -0.1) is 0 Å². The third-order valence-electron chi connectivity index (χ3n) is 4.43. The van der Waals surface area contributed by atoms with E-state index in [1.807, 2.05) is 35.8 Å². The van der Waals surface area contributed by atoms with Crippen LogP contribution in [0.5, 0.6) is 0 Å². The normalized spacial score (nSPS) is 11.6. The highest BCUT2D eigenvalue weighted by Crippen LogP contribution is 2.23. The van der Waals surface area contributed by atoms with Gasteiger partial charge in [0.05, 0.1) is 0 Å². The number of nitrogens with one attached hydrogen (secondary N) is 1. The zero-order chi connectivity index (χ0) is 19.4. The molecule has 140 valence electrons. The summed E-state index contributed by atoms with van der Waals surface area (Å²) in [6, 6.07) is 14.0. The molecule has 3 aromatic rings. The summed E-state index contributed by atoms with van der Waals surface area (Å²) in [4.78, 5) is 16.5. The van der Waals surface area contributed by atoms with Crippen LogP contribution in [-0.4, -0.2) is 18.2 Å². The van der Waals surface area contributed by atoms with E-state index in [1.165, 1.54) is 16.7 Å². The van der Waals surface area contributed by atoms with Crippen molar-refractivity contribution in [3.05, 3.63) is 70.5 Å². The van der Waals surface area contributed by atoms with Crippen molar-refractivity contribution in [3.8, 4) is 0 Å². The number of aryl methyl sites for hydroxylation is 3. The SMILES string of the molecule is Cc1cc(C)c(C/C(=N/OCC(=O)NN)c2cc3ccccc3o2)c(C)c1. The molecule has 0 saturated heterocycles. The van der Waals surface area contributed by atoms with Gasteiger partial charge in [-0.3, -0.25) is 10.2 Å². The summed E-state index contributed by atoms with van der Waals surface area (Å²) in [7, 11) is 0. The summed E-state index contributed by atoms with van der Waals surface area (Å²) in [6.07, 6.45) is 0.530. The Morgan fingerprint density at radius 2 is 1.85 bits per heavy atom. The summed E-state index contributed by atoms with van der Waals surface area (Å²) in [5, 5.41) is 5.17. The van der Waals surface area contributed by atoms with Crippen molar-refractivity contribution in [2.24, 2.45) is 11.0 Å². The molecule has 6 nitrogen and oxygen atoms in total. The number of hydrogen-bond acceptors (Lipinski definition) is 5. The second-order valence-electron chi connectivity index (χ2n) is 6.58. The number of furan rings is 1. The minimum Gasteiger partial charge on any atom is -0.455 e. The van der Waals surface area contributed by atoms with Crippen molar-refractivity contribution in [3.63, 3.8) is 0 Å². The number of hydrogen-bond donors (Lipinski definition) is 2. The maximum absolute atomic E-state index is 11.3. The van der Waals surface area contributed by atoms with E-state index in [0.717, 1.165) is 16.5 Å². The number of hydrazine groups is 1. The smallest absolute Gasteiger partial charge is 0.274 e. The number of carbonyl (C=O) groups excluding carboxylic acids is 1. The number of fused-ring (bicyclic) bond motifs is 1. The van der Waals surface area contributed by atoms with Crippen LogP contribution in [0.3, 0.4) is 0 Å². The van der Waals surface area contributed by atoms with E-state index < -0.39 is 5.91 Å². The number of para-hydroxylation sites is 1. The highest BCUT2D eigenvalue weighted by atomic mass is 16.6. The minimum atomic E-state index is -0.453. The topological polar surface area (TPSA) is 89.8 Å². The second-order valence-corrected chi connectivity index (χ2v) is 6.58. The molecule has 0 spiro atoms. The first-order chi connectivity index (χ1) is 13.0. The Hall–Kier alpha value is -3.12. The summed E-state index contributed by atoms with van der Waals surface area (Å²) in [5.74, 6) is 5.24. The predicted molar refractivity (Wildman–Crippen MR) is 105 cm³/mol. The fraction of sp³-hybridized carbons (Fsp3) is 0.238. The van der Waals surface area contributed by atoms with Crippen molar-refractivity contribution in [2.75, 3.05) is 6.61 Å². The van der Waals surface area contributed by atoms with Crippen LogP contribution in [-0.2, 0) is 16.1 Å². The molecule has 0 saturated carbocycles. The monoisotopic (exact) mass is 365 g/mol. The van der Waals surface area contributed by atoms with E-state index in [2.05, 4.69) is 38.1 Å². The lowest BCUT2D eigenvalue weighted by molar-refractivity contribution is -0.125. The van der Waals surface area contributed by atoms with Gasteiger partial charge in [0.15, 0.2) is 12.4 Å². The molecule has 0 bridgehead atoms. The van der Waals surface area contributed by atoms with Crippen LogP contribution >= 0.6 is 0 Å². The van der Waals surface area contributed by atoms with Crippen LogP contribution in [0.15, 0.2) is 52.0 Å². The van der Waals surface area contributed by atoms with Crippen molar-refractivity contribution in [1.82, 2.24) is 5.43 Å². The average molecular weight is 365 g/mol. The highest BCUT2D eigenvalue weighted by Gasteiger charge is 2.15. The summed E-state index contributed by atoms with van der Waals surface area (Å²) in [5.41, 5.74) is 8.14. The van der Waals surface area contributed by atoms with Gasteiger partial charge >= 0.3 is 0 Å². The molecular weight excluding hydrogens is 342 g/mol. The zero-order valence-corrected chi connectivity index (χ0v) is 15.7. The molecule has 3 N–H and O–H groups in total. The van der Waals surface area contributed by atoms with Crippen molar-refractivity contribution < 1.29 is 14.0 Å². The van der Waals surface area contributed by atoms with Crippen LogP contribution in [0.4, 0.5) is 0 Å². The first-order valence-electron chi connectivity index (χ1n) is 8.72. The lowest BCUT2D eigenvalue weighted by Crippen LogP contribution is -2.33. The number of carbonyl (C=O) groups is 1. The van der Waals surface area contributed by atoms with E-state index in [9.17, 15) is 4.79 Å². The third kappa shape index (κ3) is 4.35. The predicted octanol–water partition coefficient (Wildman–Crippen LogP) is 3.31. The molecule has 0 radical (unpaired) electrons. The van der Waals surface area contributed by atoms with Gasteiger partial charge in [-0.2, -0.15) is 0 Å². The maximum atomic E-state index is 11.3. The van der Waals surface area contributed by atoms with Gasteiger partial charge in [0.2, 0.25) is 0 Å². The Labute approximate surface area is 158 Å². The van der Waals surface area contributed by atoms with E-state index in [0.29, 0.717) is 17.9 Å². The van der Waals surface area contributed by atoms with Gasteiger partial charge in [0, 0.05) is 11.8 Å². The molecule has 2 aromatic carbocycles. The number of nitrogens with zero attached hydrogens (tertiary/aromatic N) is 1. The number of nitrogens with two attached hydrogens (primary N) is 1. The summed E-state index contributed by atoms with van der Waals surface area (Å²) in [6.45, 7) is 5.97. The van der Waals surface area contributed by atoms with Crippen molar-refractivity contribution in [2.45, 2.75) is 27.2 Å². The third-order valence-corrected chi connectivity index (χ3v) is 4.43. The van der Waals surface area contributed by atoms with Gasteiger partial charge in [0.25, 0.3) is 5.91 Å². The van der Waals surface area contributed by atoms with E-state index >= 15 is 0 Å². The molecule has 0 unspecified atom stereocenters. The Morgan fingerprint density at radius 3 is 2.52 bits per heavy atom. The Balaban J connectivity index is 1.97. The number of rotatable bonds is 6. The van der Waals surface area contributed by atoms with Crippen LogP contribution < -0.4 is 11.3 Å². The van der Waals surface area contributed by atoms with Gasteiger partial charge in [-0.25, -0.2) is 5.84 Å². The lowest BCUT2D eigenvalue weighted by Gasteiger charge is -2.12. The molecule has 6 heteroatoms. The maximum Gasteiger partial charge on any atom is 0.274 e. The Morgan fingerprint density at radius 1 is 1.15 bits per heavy atom. The molecule has 0 fully saturated rings. The molecule has 1 aromatic heterocycles. The van der Waals surface area contributed by atoms with Gasteiger partial charge < -0.3 is 9.25 Å². The summed E-state index contributed by atoms with van der Waals surface area (Å²) >= 11 is 0. The second kappa shape index (κ2) is 8.05. The highest BCUT2D eigenvalue weighted by molar-refractivity contribution is 6.02. The fourth-order valence-corrected chi connectivity index (χ4v) is 3.16. The summed E-state index contributed by atoms with van der Waals surface area (Å²) < 4.78 is 5.95. The minimum absolute atomic E-state index is 0.258. The molecule has 0 atom stereocenters. The standard InChI is InChI=1S/C21H23N3O3/c1-13-8-14(2)17(15(3)9-13)11-18(24-26-12-21(25)23-22)20-10-16-6-4-5-7-19(16)27-20/h4-10H,11-12,22H2,1-3H3,(H,23,25)/b24-18-. The van der Waals surface area contributed by atoms with Gasteiger partial charge in [-0.05, 0) is 49.6 Å². The fourth-order valence-electron chi connectivity index (χ4n) is 3.16. The molecule has 0 aliphatic carbocycles. The number of benzene rings is 2. The first kappa shape index (κ1) is 18.7. The molecule has 3 rings (SSSR count). The van der Waals surface area contributed by atoms with E-state index in [1.54, 1.807) is 0 Å². The molecule has 1 amide bonds. The van der Waals surface area contributed by atoms with E-state index in [-0.39, 0.29) is 6.61 Å². The molecule has 0 aliphatic rings. The Kier molecular flexibility index (Phi) is 5.57. The van der Waals surface area contributed by atoms with E-state index in [4.69, 9.17) is 15.1 Å². The van der Waals surface area contributed by atoms with Crippen molar-refractivity contribution in [1.29, 1.82) is 0 Å². The van der Waals surface area contributed by atoms with Crippen LogP contribution in [0.2, 0.25) is 0 Å². The van der Waals surface area contributed by atoms with Crippen LogP contribution in [0.1, 0.15) is 28.0 Å². The molecule has 0 aliphatic heterocycles. The first-order valence-corrected chi connectivity index (χ1v) is 8.72. The lowest BCUT2D eigenvalue weighted by atomic mass is 9.95. The Bertz CT molecular complexity index is 949. The van der Waals surface area contributed by atoms with Gasteiger partial charge in [0.1, 0.15) is 11.3 Å². The average Bonchev–Trinajstić information content (AvgIpc) is 3.06. The molecular formula is C21H23N3O3. The van der Waals surface area contributed by atoms with Crippen molar-refractivity contribution >= 4 is 22.6 Å². The van der Waals surface area contributed by atoms with Crippen LogP contribution in [0, 0.1) is 20.8 Å². The number of amides is 1. The molecule has 1 heterocycles. The van der Waals surface area contributed by atoms with Gasteiger partial charge in [-0.1, -0.05) is 41.1 Å². The quantitative estimate of drug-likeness (QED) is 0.303. The number of oxime groups is 1. The largest absolute Gasteiger partial charge is 0.455 e. The zero-order valence-electron chi connectivity index (χ0n) is 15.7. The van der Waals surface area contributed by atoms with Crippen LogP contribution in [0.25, 0.3) is 11.0 Å². The molecule has 27 heavy (non-hydrogen) atoms.